The van der Waals surface area contributed by atoms with Gasteiger partial charge in [-0.3, -0.25) is 14.6 Å². The molecule has 1 heterocycles. The first-order valence-electron chi connectivity index (χ1n) is 8.38. The van der Waals surface area contributed by atoms with E-state index in [1.165, 1.54) is 0 Å². The molecule has 2 aromatic carbocycles. The molecular formula is C21H19N3O3. The molecule has 0 saturated heterocycles. The number of hydrogen-bond acceptors (Lipinski definition) is 4. The normalized spacial score (nSPS) is 10.1. The fourth-order valence-corrected chi connectivity index (χ4v) is 2.44. The van der Waals surface area contributed by atoms with Crippen molar-refractivity contribution in [3.8, 4) is 5.75 Å². The highest BCUT2D eigenvalue weighted by Crippen LogP contribution is 2.14. The van der Waals surface area contributed by atoms with Gasteiger partial charge in [0.25, 0.3) is 11.8 Å². The van der Waals surface area contributed by atoms with Gasteiger partial charge in [-0.25, -0.2) is 0 Å². The third-order valence-corrected chi connectivity index (χ3v) is 3.93. The maximum atomic E-state index is 12.3. The monoisotopic (exact) mass is 361 g/mol. The van der Waals surface area contributed by atoms with E-state index < -0.39 is 0 Å². The minimum absolute atomic E-state index is 0.188. The van der Waals surface area contributed by atoms with Crippen LogP contribution in [0.5, 0.6) is 5.75 Å². The molecule has 2 amide bonds. The van der Waals surface area contributed by atoms with Gasteiger partial charge in [-0.1, -0.05) is 6.07 Å². The SMILES string of the molecule is COc1ccc(C(=O)Nc2ccc(C(=O)NCc3cccnc3)cc2)cc1. The summed E-state index contributed by atoms with van der Waals surface area (Å²) >= 11 is 0. The highest BCUT2D eigenvalue weighted by atomic mass is 16.5. The zero-order valence-electron chi connectivity index (χ0n) is 14.8. The highest BCUT2D eigenvalue weighted by molar-refractivity contribution is 6.04. The molecule has 0 radical (unpaired) electrons. The van der Waals surface area contributed by atoms with E-state index in [1.54, 1.807) is 68.0 Å². The molecule has 6 nitrogen and oxygen atoms in total. The van der Waals surface area contributed by atoms with Crippen molar-refractivity contribution in [3.05, 3.63) is 89.7 Å². The summed E-state index contributed by atoms with van der Waals surface area (Å²) in [6.45, 7) is 0.405. The Kier molecular flexibility index (Phi) is 5.79. The summed E-state index contributed by atoms with van der Waals surface area (Å²) in [7, 11) is 1.57. The molecule has 0 unspecified atom stereocenters. The Morgan fingerprint density at radius 1 is 0.926 bits per heavy atom. The molecule has 0 aliphatic heterocycles. The molecule has 0 aliphatic carbocycles. The van der Waals surface area contributed by atoms with Gasteiger partial charge in [0.2, 0.25) is 0 Å². The van der Waals surface area contributed by atoms with Crippen LogP contribution in [0, 0.1) is 0 Å². The number of ether oxygens (including phenoxy) is 1. The molecule has 0 atom stereocenters. The van der Waals surface area contributed by atoms with Crippen LogP contribution in [0.15, 0.2) is 73.1 Å². The van der Waals surface area contributed by atoms with Gasteiger partial charge in [0.1, 0.15) is 5.75 Å². The Labute approximate surface area is 157 Å². The van der Waals surface area contributed by atoms with Crippen LogP contribution in [0.4, 0.5) is 5.69 Å². The van der Waals surface area contributed by atoms with E-state index in [1.807, 2.05) is 12.1 Å². The van der Waals surface area contributed by atoms with E-state index in [2.05, 4.69) is 15.6 Å². The van der Waals surface area contributed by atoms with Crippen molar-refractivity contribution in [2.24, 2.45) is 0 Å². The van der Waals surface area contributed by atoms with Gasteiger partial charge in [0, 0.05) is 35.8 Å². The molecule has 0 bridgehead atoms. The van der Waals surface area contributed by atoms with Crippen molar-refractivity contribution in [1.29, 1.82) is 0 Å². The van der Waals surface area contributed by atoms with Gasteiger partial charge < -0.3 is 15.4 Å². The van der Waals surface area contributed by atoms with E-state index in [0.717, 1.165) is 5.56 Å². The van der Waals surface area contributed by atoms with Crippen molar-refractivity contribution in [2.45, 2.75) is 6.54 Å². The zero-order valence-corrected chi connectivity index (χ0v) is 14.8. The maximum Gasteiger partial charge on any atom is 0.255 e. The standard InChI is InChI=1S/C21H19N3O3/c1-27-19-10-6-17(7-11-19)21(26)24-18-8-4-16(5-9-18)20(25)23-14-15-3-2-12-22-13-15/h2-13H,14H2,1H3,(H,23,25)(H,24,26). The molecule has 1 aromatic heterocycles. The zero-order chi connectivity index (χ0) is 19.1. The fourth-order valence-electron chi connectivity index (χ4n) is 2.44. The average molecular weight is 361 g/mol. The molecule has 0 saturated carbocycles. The molecule has 136 valence electrons. The van der Waals surface area contributed by atoms with Crippen LogP contribution < -0.4 is 15.4 Å². The molecule has 0 aliphatic rings. The molecule has 27 heavy (non-hydrogen) atoms. The van der Waals surface area contributed by atoms with Crippen LogP contribution in [0.1, 0.15) is 26.3 Å². The Morgan fingerprint density at radius 2 is 1.59 bits per heavy atom. The number of carbonyl (C=O) groups excluding carboxylic acids is 2. The van der Waals surface area contributed by atoms with Gasteiger partial charge in [-0.05, 0) is 60.2 Å². The number of rotatable bonds is 6. The maximum absolute atomic E-state index is 12.3. The van der Waals surface area contributed by atoms with Crippen LogP contribution in [-0.2, 0) is 6.54 Å². The summed E-state index contributed by atoms with van der Waals surface area (Å²) in [5.74, 6) is 0.270. The lowest BCUT2D eigenvalue weighted by atomic mass is 10.1. The second kappa shape index (κ2) is 8.62. The third-order valence-electron chi connectivity index (χ3n) is 3.93. The topological polar surface area (TPSA) is 80.3 Å². The van der Waals surface area contributed by atoms with Crippen molar-refractivity contribution in [2.75, 3.05) is 12.4 Å². The molecule has 3 aromatic rings. The number of hydrogen-bond donors (Lipinski definition) is 2. The number of anilines is 1. The van der Waals surface area contributed by atoms with Crippen LogP contribution in [0.2, 0.25) is 0 Å². The predicted octanol–water partition coefficient (Wildman–Crippen LogP) is 3.27. The number of nitrogens with one attached hydrogen (secondary N) is 2. The van der Waals surface area contributed by atoms with E-state index >= 15 is 0 Å². The second-order valence-corrected chi connectivity index (χ2v) is 5.80. The summed E-state index contributed by atoms with van der Waals surface area (Å²) in [4.78, 5) is 28.5. The van der Waals surface area contributed by atoms with E-state index in [4.69, 9.17) is 4.74 Å². The lowest BCUT2D eigenvalue weighted by molar-refractivity contribution is 0.0950. The highest BCUT2D eigenvalue weighted by Gasteiger charge is 2.08. The Balaban J connectivity index is 1.57. The van der Waals surface area contributed by atoms with Crippen molar-refractivity contribution < 1.29 is 14.3 Å². The Morgan fingerprint density at radius 3 is 2.22 bits per heavy atom. The summed E-state index contributed by atoms with van der Waals surface area (Å²) in [5.41, 5.74) is 2.57. The lowest BCUT2D eigenvalue weighted by Gasteiger charge is -2.08. The van der Waals surface area contributed by atoms with E-state index in [-0.39, 0.29) is 11.8 Å². The van der Waals surface area contributed by atoms with Gasteiger partial charge >= 0.3 is 0 Å². The first kappa shape index (κ1) is 18.1. The van der Waals surface area contributed by atoms with Crippen molar-refractivity contribution >= 4 is 17.5 Å². The second-order valence-electron chi connectivity index (χ2n) is 5.80. The fraction of sp³-hybridized carbons (Fsp3) is 0.0952. The number of nitrogens with zero attached hydrogens (tertiary/aromatic N) is 1. The van der Waals surface area contributed by atoms with Gasteiger partial charge in [0.05, 0.1) is 7.11 Å². The van der Waals surface area contributed by atoms with Crippen molar-refractivity contribution in [3.63, 3.8) is 0 Å². The molecule has 0 fully saturated rings. The number of amides is 2. The number of methoxy groups -OCH3 is 1. The minimum atomic E-state index is -0.230. The number of benzene rings is 2. The molecule has 6 heteroatoms. The predicted molar refractivity (Wildman–Crippen MR) is 103 cm³/mol. The first-order chi connectivity index (χ1) is 13.2. The van der Waals surface area contributed by atoms with E-state index in [9.17, 15) is 9.59 Å². The quantitative estimate of drug-likeness (QED) is 0.706. The Bertz CT molecular complexity index is 908. The number of aromatic nitrogens is 1. The van der Waals surface area contributed by atoms with Crippen LogP contribution in [-0.4, -0.2) is 23.9 Å². The molecular weight excluding hydrogens is 342 g/mol. The van der Waals surface area contributed by atoms with Crippen LogP contribution >= 0.6 is 0 Å². The average Bonchev–Trinajstić information content (AvgIpc) is 2.73. The smallest absolute Gasteiger partial charge is 0.255 e. The third kappa shape index (κ3) is 4.92. The minimum Gasteiger partial charge on any atom is -0.497 e. The van der Waals surface area contributed by atoms with Crippen LogP contribution in [0.25, 0.3) is 0 Å². The van der Waals surface area contributed by atoms with Gasteiger partial charge in [-0.15, -0.1) is 0 Å². The largest absolute Gasteiger partial charge is 0.497 e. The summed E-state index contributed by atoms with van der Waals surface area (Å²) in [6, 6.07) is 17.3. The van der Waals surface area contributed by atoms with Crippen molar-refractivity contribution in [1.82, 2.24) is 10.3 Å². The number of pyridine rings is 1. The molecule has 2 N–H and O–H groups in total. The molecule has 0 spiro atoms. The lowest BCUT2D eigenvalue weighted by Crippen LogP contribution is -2.22. The summed E-state index contributed by atoms with van der Waals surface area (Å²) in [5, 5.41) is 5.63. The van der Waals surface area contributed by atoms with E-state index in [0.29, 0.717) is 29.1 Å². The molecule has 3 rings (SSSR count). The first-order valence-corrected chi connectivity index (χ1v) is 8.38. The van der Waals surface area contributed by atoms with Gasteiger partial charge in [-0.2, -0.15) is 0 Å². The van der Waals surface area contributed by atoms with Crippen LogP contribution in [0.3, 0.4) is 0 Å². The number of carbonyl (C=O) groups is 2. The summed E-state index contributed by atoms with van der Waals surface area (Å²) in [6.07, 6.45) is 3.39. The Hall–Kier alpha value is -3.67. The summed E-state index contributed by atoms with van der Waals surface area (Å²) < 4.78 is 5.08. The van der Waals surface area contributed by atoms with Gasteiger partial charge in [0.15, 0.2) is 0 Å².